The molecule has 0 aromatic heterocycles. The average Bonchev–Trinajstić information content (AvgIpc) is 2.50. The maximum atomic E-state index is 11.6. The van der Waals surface area contributed by atoms with E-state index in [1.807, 2.05) is 6.07 Å². The molecular formula is C15H18NO6-. The Bertz CT molecular complexity index is 502. The third kappa shape index (κ3) is 6.74. The van der Waals surface area contributed by atoms with Crippen molar-refractivity contribution >= 4 is 18.0 Å². The van der Waals surface area contributed by atoms with E-state index < -0.39 is 24.1 Å². The van der Waals surface area contributed by atoms with Crippen molar-refractivity contribution < 1.29 is 29.0 Å². The van der Waals surface area contributed by atoms with Crippen molar-refractivity contribution in [1.29, 1.82) is 0 Å². The molecule has 0 saturated heterocycles. The summed E-state index contributed by atoms with van der Waals surface area (Å²) < 4.78 is 9.59. The largest absolute Gasteiger partial charge is 0.548 e. The summed E-state index contributed by atoms with van der Waals surface area (Å²) in [6.07, 6.45) is -1.14. The Morgan fingerprint density at radius 3 is 2.45 bits per heavy atom. The Labute approximate surface area is 128 Å². The normalized spacial score (nSPS) is 11.3. The van der Waals surface area contributed by atoms with Crippen LogP contribution in [0.4, 0.5) is 4.79 Å². The van der Waals surface area contributed by atoms with Gasteiger partial charge in [-0.2, -0.15) is 0 Å². The zero-order chi connectivity index (χ0) is 16.4. The Balaban J connectivity index is 2.40. The Morgan fingerprint density at radius 2 is 1.86 bits per heavy atom. The molecule has 0 fully saturated rings. The SMILES string of the molecule is CCOC(=O)CC[C@@H](NC(=O)OCc1ccccc1)C(=O)[O-]. The second kappa shape index (κ2) is 9.38. The maximum absolute atomic E-state index is 11.6. The van der Waals surface area contributed by atoms with Gasteiger partial charge in [0.05, 0.1) is 18.6 Å². The number of carbonyl (C=O) groups excluding carboxylic acids is 3. The molecule has 1 atom stereocenters. The van der Waals surface area contributed by atoms with E-state index in [0.29, 0.717) is 0 Å². The molecule has 0 heterocycles. The fourth-order valence-electron chi connectivity index (χ4n) is 1.65. The summed E-state index contributed by atoms with van der Waals surface area (Å²) in [4.78, 5) is 33.7. The number of amides is 1. The number of nitrogens with one attached hydrogen (secondary N) is 1. The number of esters is 1. The van der Waals surface area contributed by atoms with E-state index in [4.69, 9.17) is 4.74 Å². The molecule has 1 amide bonds. The first-order valence-corrected chi connectivity index (χ1v) is 6.86. The van der Waals surface area contributed by atoms with Crippen molar-refractivity contribution in [3.05, 3.63) is 35.9 Å². The molecule has 0 spiro atoms. The quantitative estimate of drug-likeness (QED) is 0.696. The number of hydrogen-bond donors (Lipinski definition) is 1. The molecule has 0 radical (unpaired) electrons. The molecule has 1 aromatic carbocycles. The molecule has 0 saturated carbocycles. The molecule has 7 heteroatoms. The van der Waals surface area contributed by atoms with Crippen molar-refractivity contribution in [2.75, 3.05) is 6.61 Å². The van der Waals surface area contributed by atoms with Crippen molar-refractivity contribution in [1.82, 2.24) is 5.32 Å². The summed E-state index contributed by atoms with van der Waals surface area (Å²) in [5.41, 5.74) is 0.772. The van der Waals surface area contributed by atoms with E-state index in [1.54, 1.807) is 31.2 Å². The lowest BCUT2D eigenvalue weighted by atomic mass is 10.1. The minimum Gasteiger partial charge on any atom is -0.548 e. The Morgan fingerprint density at radius 1 is 1.18 bits per heavy atom. The van der Waals surface area contributed by atoms with E-state index in [0.717, 1.165) is 5.56 Å². The van der Waals surface area contributed by atoms with Gasteiger partial charge in [0.1, 0.15) is 6.61 Å². The van der Waals surface area contributed by atoms with Crippen LogP contribution in [0.5, 0.6) is 0 Å². The van der Waals surface area contributed by atoms with Crippen molar-refractivity contribution in [3.8, 4) is 0 Å². The van der Waals surface area contributed by atoms with Crippen LogP contribution in [0.1, 0.15) is 25.3 Å². The number of rotatable bonds is 8. The zero-order valence-electron chi connectivity index (χ0n) is 12.2. The first-order valence-electron chi connectivity index (χ1n) is 6.86. The standard InChI is InChI=1S/C15H19NO6/c1-2-21-13(17)9-8-12(14(18)19)16-15(20)22-10-11-6-4-3-5-7-11/h3-7,12H,2,8-10H2,1H3,(H,16,20)(H,18,19)/p-1/t12-/m1/s1. The summed E-state index contributed by atoms with van der Waals surface area (Å²) in [5.74, 6) is -2.02. The summed E-state index contributed by atoms with van der Waals surface area (Å²) in [6, 6.07) is 7.63. The summed E-state index contributed by atoms with van der Waals surface area (Å²) >= 11 is 0. The van der Waals surface area contributed by atoms with Crippen LogP contribution in [0.3, 0.4) is 0 Å². The van der Waals surface area contributed by atoms with Crippen molar-refractivity contribution in [2.45, 2.75) is 32.4 Å². The van der Waals surface area contributed by atoms with Gasteiger partial charge in [0.25, 0.3) is 0 Å². The highest BCUT2D eigenvalue weighted by molar-refractivity contribution is 5.79. The Hall–Kier alpha value is -2.57. The van der Waals surface area contributed by atoms with Crippen LogP contribution in [-0.2, 0) is 25.7 Å². The van der Waals surface area contributed by atoms with Crippen LogP contribution in [0.15, 0.2) is 30.3 Å². The van der Waals surface area contributed by atoms with E-state index in [9.17, 15) is 19.5 Å². The molecule has 120 valence electrons. The number of carboxylic acid groups (broad SMARTS) is 1. The van der Waals surface area contributed by atoms with Crippen molar-refractivity contribution in [3.63, 3.8) is 0 Å². The molecule has 1 N–H and O–H groups in total. The van der Waals surface area contributed by atoms with E-state index in [2.05, 4.69) is 10.1 Å². The number of benzene rings is 1. The maximum Gasteiger partial charge on any atom is 0.407 e. The first kappa shape index (κ1) is 17.5. The van der Waals surface area contributed by atoms with Gasteiger partial charge in [-0.3, -0.25) is 4.79 Å². The van der Waals surface area contributed by atoms with Crippen LogP contribution in [-0.4, -0.2) is 30.7 Å². The lowest BCUT2D eigenvalue weighted by Crippen LogP contribution is -2.48. The monoisotopic (exact) mass is 308 g/mol. The fraction of sp³-hybridized carbons (Fsp3) is 0.400. The van der Waals surface area contributed by atoms with Gasteiger partial charge in [-0.15, -0.1) is 0 Å². The highest BCUT2D eigenvalue weighted by Gasteiger charge is 2.16. The van der Waals surface area contributed by atoms with Gasteiger partial charge in [0.2, 0.25) is 0 Å². The van der Waals surface area contributed by atoms with Gasteiger partial charge in [-0.05, 0) is 18.9 Å². The van der Waals surface area contributed by atoms with E-state index in [1.165, 1.54) is 0 Å². The molecule has 0 aliphatic rings. The fourth-order valence-corrected chi connectivity index (χ4v) is 1.65. The average molecular weight is 308 g/mol. The number of alkyl carbamates (subject to hydrolysis) is 1. The van der Waals surface area contributed by atoms with Gasteiger partial charge >= 0.3 is 12.1 Å². The predicted molar refractivity (Wildman–Crippen MR) is 74.4 cm³/mol. The van der Waals surface area contributed by atoms with Crippen molar-refractivity contribution in [2.24, 2.45) is 0 Å². The molecule has 1 rings (SSSR count). The molecule has 0 aliphatic heterocycles. The topological polar surface area (TPSA) is 105 Å². The van der Waals surface area contributed by atoms with Crippen LogP contribution < -0.4 is 10.4 Å². The lowest BCUT2D eigenvalue weighted by Gasteiger charge is -2.19. The summed E-state index contributed by atoms with van der Waals surface area (Å²) in [5, 5.41) is 13.1. The molecular weight excluding hydrogens is 290 g/mol. The number of ether oxygens (including phenoxy) is 2. The lowest BCUT2D eigenvalue weighted by molar-refractivity contribution is -0.308. The highest BCUT2D eigenvalue weighted by Crippen LogP contribution is 2.03. The van der Waals surface area contributed by atoms with E-state index in [-0.39, 0.29) is 26.1 Å². The molecule has 0 unspecified atom stereocenters. The Kier molecular flexibility index (Phi) is 7.45. The molecule has 22 heavy (non-hydrogen) atoms. The number of aliphatic carboxylic acids is 1. The third-order valence-electron chi connectivity index (χ3n) is 2.73. The summed E-state index contributed by atoms with van der Waals surface area (Å²) in [7, 11) is 0. The van der Waals surface area contributed by atoms with Crippen LogP contribution in [0.2, 0.25) is 0 Å². The van der Waals surface area contributed by atoms with Crippen LogP contribution in [0, 0.1) is 0 Å². The van der Waals surface area contributed by atoms with Crippen LogP contribution >= 0.6 is 0 Å². The minimum atomic E-state index is -1.49. The molecule has 0 bridgehead atoms. The minimum absolute atomic E-state index is 0.0182. The van der Waals surface area contributed by atoms with Gasteiger partial charge < -0.3 is 24.7 Å². The number of hydrogen-bond acceptors (Lipinski definition) is 6. The molecule has 7 nitrogen and oxygen atoms in total. The van der Waals surface area contributed by atoms with Gasteiger partial charge in [-0.1, -0.05) is 30.3 Å². The molecule has 0 aliphatic carbocycles. The third-order valence-corrected chi connectivity index (χ3v) is 2.73. The van der Waals surface area contributed by atoms with Gasteiger partial charge in [0.15, 0.2) is 0 Å². The van der Waals surface area contributed by atoms with Crippen LogP contribution in [0.25, 0.3) is 0 Å². The zero-order valence-corrected chi connectivity index (χ0v) is 12.2. The van der Waals surface area contributed by atoms with Gasteiger partial charge in [0, 0.05) is 6.42 Å². The van der Waals surface area contributed by atoms with E-state index >= 15 is 0 Å². The second-order valence-electron chi connectivity index (χ2n) is 4.42. The number of carboxylic acids is 1. The number of carbonyl (C=O) groups is 3. The highest BCUT2D eigenvalue weighted by atomic mass is 16.5. The summed E-state index contributed by atoms with van der Waals surface area (Å²) in [6.45, 7) is 1.87. The van der Waals surface area contributed by atoms with Gasteiger partial charge in [-0.25, -0.2) is 4.79 Å². The predicted octanol–water partition coefficient (Wildman–Crippen LogP) is 0.375. The molecule has 1 aromatic rings. The smallest absolute Gasteiger partial charge is 0.407 e. The second-order valence-corrected chi connectivity index (χ2v) is 4.42. The first-order chi connectivity index (χ1) is 10.5.